The molecule has 0 aliphatic heterocycles. The SMILES string of the molecule is CCn1cnc2c(NCc3ccc(-c4ccccc4)cc3)nc(NC3CCC(N)CC3)nc21. The van der Waals surface area contributed by atoms with Crippen molar-refractivity contribution in [3.63, 3.8) is 0 Å². The van der Waals surface area contributed by atoms with Gasteiger partial charge in [0, 0.05) is 25.2 Å². The van der Waals surface area contributed by atoms with Crippen LogP contribution in [-0.4, -0.2) is 31.6 Å². The van der Waals surface area contributed by atoms with Crippen molar-refractivity contribution in [3.05, 3.63) is 66.5 Å². The zero-order valence-corrected chi connectivity index (χ0v) is 19.0. The van der Waals surface area contributed by atoms with E-state index in [9.17, 15) is 0 Å². The molecule has 0 atom stereocenters. The van der Waals surface area contributed by atoms with Crippen molar-refractivity contribution in [1.29, 1.82) is 0 Å². The van der Waals surface area contributed by atoms with Crippen molar-refractivity contribution in [2.45, 2.75) is 57.8 Å². The first-order valence-electron chi connectivity index (χ1n) is 11.8. The molecule has 7 heteroatoms. The van der Waals surface area contributed by atoms with Gasteiger partial charge in [-0.05, 0) is 49.3 Å². The highest BCUT2D eigenvalue weighted by molar-refractivity contribution is 5.84. The number of imidazole rings is 1. The van der Waals surface area contributed by atoms with Gasteiger partial charge in [-0.1, -0.05) is 54.6 Å². The Morgan fingerprint density at radius 3 is 2.39 bits per heavy atom. The van der Waals surface area contributed by atoms with E-state index in [1.54, 1.807) is 0 Å². The Balaban J connectivity index is 1.35. The molecule has 7 nitrogen and oxygen atoms in total. The quantitative estimate of drug-likeness (QED) is 0.381. The molecule has 170 valence electrons. The molecule has 1 saturated carbocycles. The van der Waals surface area contributed by atoms with Crippen LogP contribution >= 0.6 is 0 Å². The molecule has 2 heterocycles. The predicted molar refractivity (Wildman–Crippen MR) is 134 cm³/mol. The van der Waals surface area contributed by atoms with Crippen LogP contribution in [0.1, 0.15) is 38.2 Å². The molecule has 4 N–H and O–H groups in total. The number of nitrogens with two attached hydrogens (primary N) is 1. The Morgan fingerprint density at radius 1 is 0.939 bits per heavy atom. The van der Waals surface area contributed by atoms with E-state index in [0.717, 1.165) is 49.2 Å². The fourth-order valence-corrected chi connectivity index (χ4v) is 4.44. The summed E-state index contributed by atoms with van der Waals surface area (Å²) in [7, 11) is 0. The number of aromatic nitrogens is 4. The normalized spacial score (nSPS) is 18.4. The van der Waals surface area contributed by atoms with Gasteiger partial charge in [0.25, 0.3) is 0 Å². The summed E-state index contributed by atoms with van der Waals surface area (Å²) in [6, 6.07) is 19.7. The van der Waals surface area contributed by atoms with Crippen LogP contribution in [0.25, 0.3) is 22.3 Å². The molecule has 4 aromatic rings. The second-order valence-corrected chi connectivity index (χ2v) is 8.77. The van der Waals surface area contributed by atoms with Gasteiger partial charge in [0.15, 0.2) is 17.0 Å². The third-order valence-electron chi connectivity index (χ3n) is 6.43. The van der Waals surface area contributed by atoms with E-state index in [0.29, 0.717) is 24.6 Å². The van der Waals surface area contributed by atoms with Crippen LogP contribution < -0.4 is 16.4 Å². The van der Waals surface area contributed by atoms with E-state index >= 15 is 0 Å². The molecular formula is C26H31N7. The number of fused-ring (bicyclic) bond motifs is 1. The van der Waals surface area contributed by atoms with Gasteiger partial charge >= 0.3 is 0 Å². The number of hydrogen-bond acceptors (Lipinski definition) is 6. The number of benzene rings is 2. The first-order valence-corrected chi connectivity index (χ1v) is 11.8. The maximum atomic E-state index is 6.07. The van der Waals surface area contributed by atoms with Crippen molar-refractivity contribution >= 4 is 22.9 Å². The zero-order chi connectivity index (χ0) is 22.6. The fourth-order valence-electron chi connectivity index (χ4n) is 4.44. The van der Waals surface area contributed by atoms with Crippen molar-refractivity contribution in [2.24, 2.45) is 5.73 Å². The van der Waals surface area contributed by atoms with Gasteiger partial charge in [-0.25, -0.2) is 4.98 Å². The maximum absolute atomic E-state index is 6.07. The van der Waals surface area contributed by atoms with Crippen LogP contribution in [0, 0.1) is 0 Å². The Morgan fingerprint density at radius 2 is 1.67 bits per heavy atom. The summed E-state index contributed by atoms with van der Waals surface area (Å²) in [5.74, 6) is 1.41. The molecule has 1 aliphatic rings. The molecule has 0 spiro atoms. The molecule has 0 radical (unpaired) electrons. The molecule has 5 rings (SSSR count). The minimum absolute atomic E-state index is 0.318. The number of hydrogen-bond donors (Lipinski definition) is 3. The van der Waals surface area contributed by atoms with Gasteiger partial charge in [-0.15, -0.1) is 0 Å². The molecule has 0 saturated heterocycles. The first kappa shape index (κ1) is 21.4. The second-order valence-electron chi connectivity index (χ2n) is 8.77. The molecule has 1 fully saturated rings. The van der Waals surface area contributed by atoms with Crippen molar-refractivity contribution < 1.29 is 0 Å². The minimum atomic E-state index is 0.318. The van der Waals surface area contributed by atoms with Crippen molar-refractivity contribution in [1.82, 2.24) is 19.5 Å². The number of nitrogens with one attached hydrogen (secondary N) is 2. The summed E-state index contributed by atoms with van der Waals surface area (Å²) in [5, 5.41) is 7.04. The lowest BCUT2D eigenvalue weighted by Crippen LogP contribution is -2.33. The van der Waals surface area contributed by atoms with Crippen LogP contribution in [0.15, 0.2) is 60.9 Å². The Kier molecular flexibility index (Phi) is 6.21. The van der Waals surface area contributed by atoms with Gasteiger partial charge < -0.3 is 20.9 Å². The smallest absolute Gasteiger partial charge is 0.227 e. The van der Waals surface area contributed by atoms with Crippen LogP contribution in [0.3, 0.4) is 0 Å². The average molecular weight is 442 g/mol. The van der Waals surface area contributed by atoms with E-state index in [-0.39, 0.29) is 0 Å². The van der Waals surface area contributed by atoms with Gasteiger partial charge in [0.05, 0.1) is 6.33 Å². The lowest BCUT2D eigenvalue weighted by Gasteiger charge is -2.26. The summed E-state index contributed by atoms with van der Waals surface area (Å²) in [4.78, 5) is 14.2. The van der Waals surface area contributed by atoms with Gasteiger partial charge in [-0.3, -0.25) is 0 Å². The summed E-state index contributed by atoms with van der Waals surface area (Å²) < 4.78 is 2.05. The largest absolute Gasteiger partial charge is 0.364 e. The summed E-state index contributed by atoms with van der Waals surface area (Å²) in [5.41, 5.74) is 11.3. The fraction of sp³-hybridized carbons (Fsp3) is 0.346. The maximum Gasteiger partial charge on any atom is 0.227 e. The molecular weight excluding hydrogens is 410 g/mol. The number of anilines is 2. The molecule has 2 aromatic heterocycles. The molecule has 33 heavy (non-hydrogen) atoms. The van der Waals surface area contributed by atoms with E-state index in [1.165, 1.54) is 16.7 Å². The van der Waals surface area contributed by atoms with Crippen LogP contribution in [0.5, 0.6) is 0 Å². The first-order chi connectivity index (χ1) is 16.2. The molecule has 0 unspecified atom stereocenters. The van der Waals surface area contributed by atoms with Crippen LogP contribution in [-0.2, 0) is 13.1 Å². The second kappa shape index (κ2) is 9.58. The van der Waals surface area contributed by atoms with Crippen LogP contribution in [0.4, 0.5) is 11.8 Å². The summed E-state index contributed by atoms with van der Waals surface area (Å²) in [6.07, 6.45) is 6.01. The van der Waals surface area contributed by atoms with E-state index in [1.807, 2.05) is 12.4 Å². The van der Waals surface area contributed by atoms with Crippen molar-refractivity contribution in [2.75, 3.05) is 10.6 Å². The van der Waals surface area contributed by atoms with E-state index < -0.39 is 0 Å². The highest BCUT2D eigenvalue weighted by Gasteiger charge is 2.20. The number of aryl methyl sites for hydroxylation is 1. The zero-order valence-electron chi connectivity index (χ0n) is 19.0. The number of nitrogens with zero attached hydrogens (tertiary/aromatic N) is 4. The highest BCUT2D eigenvalue weighted by atomic mass is 15.2. The summed E-state index contributed by atoms with van der Waals surface area (Å²) >= 11 is 0. The third-order valence-corrected chi connectivity index (χ3v) is 6.43. The van der Waals surface area contributed by atoms with E-state index in [2.05, 4.69) is 75.6 Å². The topological polar surface area (TPSA) is 93.7 Å². The molecule has 0 bridgehead atoms. The van der Waals surface area contributed by atoms with Crippen molar-refractivity contribution in [3.8, 4) is 11.1 Å². The Bertz CT molecular complexity index is 1190. The highest BCUT2D eigenvalue weighted by Crippen LogP contribution is 2.25. The average Bonchev–Trinajstić information content (AvgIpc) is 3.28. The predicted octanol–water partition coefficient (Wildman–Crippen LogP) is 4.81. The standard InChI is InChI=1S/C26H31N7/c1-2-33-17-29-23-24(31-26(32-25(23)33)30-22-14-12-21(27)13-15-22)28-16-18-8-10-20(11-9-18)19-6-4-3-5-7-19/h3-11,17,21-22H,2,12-16,27H2,1H3,(H2,28,30,31,32). The minimum Gasteiger partial charge on any atom is -0.364 e. The Labute approximate surface area is 194 Å². The molecule has 2 aromatic carbocycles. The molecule has 1 aliphatic carbocycles. The van der Waals surface area contributed by atoms with E-state index in [4.69, 9.17) is 15.7 Å². The Hall–Kier alpha value is -3.45. The van der Waals surface area contributed by atoms with Gasteiger partial charge in [0.1, 0.15) is 0 Å². The lowest BCUT2D eigenvalue weighted by atomic mass is 9.92. The third kappa shape index (κ3) is 4.83. The number of rotatable bonds is 7. The van der Waals surface area contributed by atoms with Crippen LogP contribution in [0.2, 0.25) is 0 Å². The van der Waals surface area contributed by atoms with Gasteiger partial charge in [-0.2, -0.15) is 9.97 Å². The monoisotopic (exact) mass is 441 g/mol. The lowest BCUT2D eigenvalue weighted by molar-refractivity contribution is 0.410. The van der Waals surface area contributed by atoms with Gasteiger partial charge in [0.2, 0.25) is 5.95 Å². The molecule has 0 amide bonds. The summed E-state index contributed by atoms with van der Waals surface area (Å²) in [6.45, 7) is 3.57.